The van der Waals surface area contributed by atoms with Crippen LogP contribution < -0.4 is 10.0 Å². The molecule has 6 nitrogen and oxygen atoms in total. The van der Waals surface area contributed by atoms with Gasteiger partial charge in [0.05, 0.1) is 4.90 Å². The van der Waals surface area contributed by atoms with E-state index in [0.29, 0.717) is 12.6 Å². The highest BCUT2D eigenvalue weighted by Gasteiger charge is 2.28. The van der Waals surface area contributed by atoms with Crippen molar-refractivity contribution >= 4 is 31.9 Å². The standard InChI is InChI=1S/C19H30BrN3O3S/c1-14(2)18(22-27(25,26)17-9-7-16(20)8-10-17)19(24)21-11-13-23-12-5-4-6-15(23)3/h7-10,14-15,18,22H,4-6,11-13H2,1-3H3,(H,21,24). The minimum atomic E-state index is -3.76. The summed E-state index contributed by atoms with van der Waals surface area (Å²) in [5.41, 5.74) is 0. The lowest BCUT2D eigenvalue weighted by molar-refractivity contribution is -0.123. The molecule has 1 aliphatic heterocycles. The Morgan fingerprint density at radius 2 is 1.93 bits per heavy atom. The lowest BCUT2D eigenvalue weighted by Crippen LogP contribution is -2.51. The second-order valence-electron chi connectivity index (χ2n) is 7.47. The first-order chi connectivity index (χ1) is 12.7. The summed E-state index contributed by atoms with van der Waals surface area (Å²) in [5.74, 6) is -0.445. The van der Waals surface area contributed by atoms with Gasteiger partial charge in [-0.2, -0.15) is 4.72 Å². The van der Waals surface area contributed by atoms with Crippen molar-refractivity contribution in [1.29, 1.82) is 0 Å². The molecule has 2 atom stereocenters. The van der Waals surface area contributed by atoms with Crippen LogP contribution in [0.4, 0.5) is 0 Å². The van der Waals surface area contributed by atoms with Crippen LogP contribution in [0.15, 0.2) is 33.6 Å². The number of nitrogens with zero attached hydrogens (tertiary/aromatic N) is 1. The number of likely N-dealkylation sites (tertiary alicyclic amines) is 1. The van der Waals surface area contributed by atoms with Gasteiger partial charge in [0.1, 0.15) is 6.04 Å². The van der Waals surface area contributed by atoms with Gasteiger partial charge in [-0.1, -0.05) is 36.2 Å². The van der Waals surface area contributed by atoms with Crippen LogP contribution in [0, 0.1) is 5.92 Å². The van der Waals surface area contributed by atoms with Gasteiger partial charge in [-0.3, -0.25) is 9.69 Å². The number of rotatable bonds is 8. The molecule has 1 aliphatic rings. The van der Waals surface area contributed by atoms with Gasteiger partial charge in [0.2, 0.25) is 15.9 Å². The molecule has 27 heavy (non-hydrogen) atoms. The van der Waals surface area contributed by atoms with Crippen molar-refractivity contribution in [3.05, 3.63) is 28.7 Å². The topological polar surface area (TPSA) is 78.5 Å². The van der Waals surface area contributed by atoms with Gasteiger partial charge in [-0.05, 0) is 56.5 Å². The highest BCUT2D eigenvalue weighted by atomic mass is 79.9. The Hall–Kier alpha value is -0.960. The average Bonchev–Trinajstić information content (AvgIpc) is 2.61. The number of halogens is 1. The average molecular weight is 460 g/mol. The van der Waals surface area contributed by atoms with Gasteiger partial charge >= 0.3 is 0 Å². The second-order valence-corrected chi connectivity index (χ2v) is 10.1. The Balaban J connectivity index is 1.95. The van der Waals surface area contributed by atoms with E-state index in [0.717, 1.165) is 17.6 Å². The summed E-state index contributed by atoms with van der Waals surface area (Å²) in [6.07, 6.45) is 3.65. The maximum Gasteiger partial charge on any atom is 0.241 e. The van der Waals surface area contributed by atoms with Crippen molar-refractivity contribution < 1.29 is 13.2 Å². The molecule has 152 valence electrons. The largest absolute Gasteiger partial charge is 0.353 e. The number of nitrogens with one attached hydrogen (secondary N) is 2. The highest BCUT2D eigenvalue weighted by Crippen LogP contribution is 2.17. The maximum atomic E-state index is 12.6. The first-order valence-corrected chi connectivity index (χ1v) is 11.8. The molecule has 0 bridgehead atoms. The normalized spacial score (nSPS) is 19.8. The van der Waals surface area contributed by atoms with E-state index in [9.17, 15) is 13.2 Å². The van der Waals surface area contributed by atoms with Crippen molar-refractivity contribution in [2.45, 2.75) is 57.0 Å². The van der Waals surface area contributed by atoms with Crippen LogP contribution in [0.2, 0.25) is 0 Å². The summed E-state index contributed by atoms with van der Waals surface area (Å²) in [7, 11) is -3.76. The van der Waals surface area contributed by atoms with Crippen molar-refractivity contribution in [2.75, 3.05) is 19.6 Å². The fourth-order valence-electron chi connectivity index (χ4n) is 3.26. The van der Waals surface area contributed by atoms with E-state index >= 15 is 0 Å². The molecular formula is C19H30BrN3O3S. The van der Waals surface area contributed by atoms with Crippen LogP contribution in [0.5, 0.6) is 0 Å². The van der Waals surface area contributed by atoms with E-state index in [4.69, 9.17) is 0 Å². The van der Waals surface area contributed by atoms with E-state index in [1.165, 1.54) is 31.4 Å². The van der Waals surface area contributed by atoms with E-state index in [1.807, 2.05) is 13.8 Å². The SMILES string of the molecule is CC(C)C(NS(=O)(=O)c1ccc(Br)cc1)C(=O)NCCN1CCCCC1C. The van der Waals surface area contributed by atoms with Gasteiger partial charge in [-0.25, -0.2) is 8.42 Å². The molecular weight excluding hydrogens is 430 g/mol. The predicted octanol–water partition coefficient (Wildman–Crippen LogP) is 2.74. The highest BCUT2D eigenvalue weighted by molar-refractivity contribution is 9.10. The Labute approximate surface area is 171 Å². The lowest BCUT2D eigenvalue weighted by atomic mass is 10.0. The minimum absolute atomic E-state index is 0.145. The predicted molar refractivity (Wildman–Crippen MR) is 111 cm³/mol. The molecule has 0 aromatic heterocycles. The first-order valence-electron chi connectivity index (χ1n) is 9.50. The molecule has 1 saturated heterocycles. The van der Waals surface area contributed by atoms with Crippen LogP contribution in [0.25, 0.3) is 0 Å². The third-order valence-electron chi connectivity index (χ3n) is 4.99. The maximum absolute atomic E-state index is 12.6. The molecule has 2 N–H and O–H groups in total. The molecule has 1 heterocycles. The summed E-state index contributed by atoms with van der Waals surface area (Å²) in [6, 6.07) is 6.08. The molecule has 1 fully saturated rings. The van der Waals surface area contributed by atoms with Crippen molar-refractivity contribution in [3.63, 3.8) is 0 Å². The molecule has 0 spiro atoms. The molecule has 1 amide bonds. The Morgan fingerprint density at radius 3 is 2.52 bits per heavy atom. The first kappa shape index (κ1) is 22.3. The summed E-state index contributed by atoms with van der Waals surface area (Å²) in [5, 5.41) is 2.90. The zero-order valence-electron chi connectivity index (χ0n) is 16.2. The summed E-state index contributed by atoms with van der Waals surface area (Å²) in [6.45, 7) is 8.25. The quantitative estimate of drug-likeness (QED) is 0.626. The van der Waals surface area contributed by atoms with Gasteiger partial charge in [0.25, 0.3) is 0 Å². The summed E-state index contributed by atoms with van der Waals surface area (Å²) >= 11 is 3.29. The zero-order valence-corrected chi connectivity index (χ0v) is 18.6. The van der Waals surface area contributed by atoms with Gasteiger partial charge in [-0.15, -0.1) is 0 Å². The van der Waals surface area contributed by atoms with Gasteiger partial charge in [0, 0.05) is 23.6 Å². The van der Waals surface area contributed by atoms with E-state index in [2.05, 4.69) is 37.8 Å². The number of piperidine rings is 1. The number of benzene rings is 1. The second kappa shape index (κ2) is 10.0. The van der Waals surface area contributed by atoms with Crippen molar-refractivity contribution in [1.82, 2.24) is 14.9 Å². The lowest BCUT2D eigenvalue weighted by Gasteiger charge is -2.33. The minimum Gasteiger partial charge on any atom is -0.353 e. The third kappa shape index (κ3) is 6.55. The third-order valence-corrected chi connectivity index (χ3v) is 6.98. The monoisotopic (exact) mass is 459 g/mol. The number of sulfonamides is 1. The number of carbonyl (C=O) groups is 1. The molecule has 0 saturated carbocycles. The molecule has 8 heteroatoms. The zero-order chi connectivity index (χ0) is 20.0. The summed E-state index contributed by atoms with van der Waals surface area (Å²) in [4.78, 5) is 15.1. The fraction of sp³-hybridized carbons (Fsp3) is 0.632. The van der Waals surface area contributed by atoms with E-state index < -0.39 is 16.1 Å². The number of carbonyl (C=O) groups excluding carboxylic acids is 1. The Morgan fingerprint density at radius 1 is 1.26 bits per heavy atom. The number of hydrogen-bond donors (Lipinski definition) is 2. The fourth-order valence-corrected chi connectivity index (χ4v) is 4.87. The van der Waals surface area contributed by atoms with Crippen LogP contribution in [0.3, 0.4) is 0 Å². The smallest absolute Gasteiger partial charge is 0.241 e. The van der Waals surface area contributed by atoms with Crippen LogP contribution in [-0.4, -0.2) is 50.9 Å². The van der Waals surface area contributed by atoms with E-state index in [-0.39, 0.29) is 16.7 Å². The van der Waals surface area contributed by atoms with Crippen LogP contribution >= 0.6 is 15.9 Å². The van der Waals surface area contributed by atoms with Gasteiger partial charge < -0.3 is 5.32 Å². The molecule has 2 rings (SSSR count). The van der Waals surface area contributed by atoms with Crippen LogP contribution in [0.1, 0.15) is 40.0 Å². The summed E-state index contributed by atoms with van der Waals surface area (Å²) < 4.78 is 28.6. The molecule has 2 unspecified atom stereocenters. The van der Waals surface area contributed by atoms with Crippen molar-refractivity contribution in [3.8, 4) is 0 Å². The molecule has 0 aliphatic carbocycles. The molecule has 1 aromatic rings. The van der Waals surface area contributed by atoms with Crippen molar-refractivity contribution in [2.24, 2.45) is 5.92 Å². The van der Waals surface area contributed by atoms with Gasteiger partial charge in [0.15, 0.2) is 0 Å². The molecule has 1 aromatic carbocycles. The molecule has 0 radical (unpaired) electrons. The Kier molecular flexibility index (Phi) is 8.27. The van der Waals surface area contributed by atoms with Crippen LogP contribution in [-0.2, 0) is 14.8 Å². The number of amides is 1. The number of hydrogen-bond acceptors (Lipinski definition) is 4. The van der Waals surface area contributed by atoms with E-state index in [1.54, 1.807) is 12.1 Å². The Bertz CT molecular complexity index is 722.